The Hall–Kier alpha value is -1.96. The van der Waals surface area contributed by atoms with Gasteiger partial charge >= 0.3 is 0 Å². The van der Waals surface area contributed by atoms with Crippen molar-refractivity contribution in [3.8, 4) is 10.6 Å². The Bertz CT molecular complexity index is 710. The Morgan fingerprint density at radius 1 is 1.23 bits per heavy atom. The van der Waals surface area contributed by atoms with Gasteiger partial charge in [-0.25, -0.2) is 4.98 Å². The molecule has 1 aliphatic heterocycles. The molecule has 0 atom stereocenters. The standard InChI is InChI=1S/C19H27N5OS/c1-15-17(26-18(23-15)16-6-4-3-5-7-16)14-22-19(20-2)21-8-9-24-10-12-25-13-11-24/h3-7H,8-14H2,1-2H3,(H2,20,21,22). The van der Waals surface area contributed by atoms with E-state index in [1.165, 1.54) is 10.4 Å². The summed E-state index contributed by atoms with van der Waals surface area (Å²) in [5.74, 6) is 0.826. The first-order chi connectivity index (χ1) is 12.8. The maximum absolute atomic E-state index is 5.38. The lowest BCUT2D eigenvalue weighted by atomic mass is 10.2. The van der Waals surface area contributed by atoms with Crippen LogP contribution in [0.15, 0.2) is 35.3 Å². The van der Waals surface area contributed by atoms with Crippen molar-refractivity contribution in [3.05, 3.63) is 40.9 Å². The molecular weight excluding hydrogens is 346 g/mol. The minimum absolute atomic E-state index is 0.730. The molecule has 0 unspecified atom stereocenters. The van der Waals surface area contributed by atoms with Crippen LogP contribution in [0, 0.1) is 6.92 Å². The van der Waals surface area contributed by atoms with E-state index in [2.05, 4.69) is 39.6 Å². The summed E-state index contributed by atoms with van der Waals surface area (Å²) in [5, 5.41) is 7.85. The number of hydrogen-bond donors (Lipinski definition) is 2. The summed E-state index contributed by atoms with van der Waals surface area (Å²) < 4.78 is 5.38. The van der Waals surface area contributed by atoms with Crippen LogP contribution in [0.2, 0.25) is 0 Å². The predicted octanol–water partition coefficient (Wildman–Crippen LogP) is 2.12. The van der Waals surface area contributed by atoms with Gasteiger partial charge in [0.1, 0.15) is 5.01 Å². The topological polar surface area (TPSA) is 61.8 Å². The van der Waals surface area contributed by atoms with Crippen molar-refractivity contribution in [1.82, 2.24) is 20.5 Å². The first-order valence-electron chi connectivity index (χ1n) is 9.02. The highest BCUT2D eigenvalue weighted by Gasteiger charge is 2.11. The highest BCUT2D eigenvalue weighted by Crippen LogP contribution is 2.27. The predicted molar refractivity (Wildman–Crippen MR) is 108 cm³/mol. The van der Waals surface area contributed by atoms with Gasteiger partial charge in [-0.1, -0.05) is 30.3 Å². The molecule has 0 saturated carbocycles. The Morgan fingerprint density at radius 3 is 2.73 bits per heavy atom. The van der Waals surface area contributed by atoms with Crippen LogP contribution in [0.4, 0.5) is 0 Å². The number of aliphatic imine (C=N–C) groups is 1. The molecule has 2 heterocycles. The Morgan fingerprint density at radius 2 is 2.00 bits per heavy atom. The Balaban J connectivity index is 1.48. The van der Waals surface area contributed by atoms with Crippen LogP contribution in [-0.4, -0.2) is 62.3 Å². The van der Waals surface area contributed by atoms with Gasteiger partial charge < -0.3 is 15.4 Å². The summed E-state index contributed by atoms with van der Waals surface area (Å²) in [4.78, 5) is 12.7. The molecule has 1 aromatic carbocycles. The van der Waals surface area contributed by atoms with Gasteiger partial charge in [0, 0.05) is 43.7 Å². The van der Waals surface area contributed by atoms with E-state index in [1.54, 1.807) is 18.4 Å². The van der Waals surface area contributed by atoms with Crippen molar-refractivity contribution in [2.24, 2.45) is 4.99 Å². The molecule has 0 amide bonds. The van der Waals surface area contributed by atoms with E-state index >= 15 is 0 Å². The number of rotatable bonds is 6. The van der Waals surface area contributed by atoms with Crippen molar-refractivity contribution in [3.63, 3.8) is 0 Å². The van der Waals surface area contributed by atoms with Gasteiger partial charge in [-0.15, -0.1) is 11.3 Å². The summed E-state index contributed by atoms with van der Waals surface area (Å²) in [6, 6.07) is 10.3. The van der Waals surface area contributed by atoms with Gasteiger partial charge in [0.15, 0.2) is 5.96 Å². The molecule has 2 N–H and O–H groups in total. The van der Waals surface area contributed by atoms with E-state index in [0.717, 1.165) is 62.6 Å². The number of guanidine groups is 1. The first kappa shape index (κ1) is 18.8. The smallest absolute Gasteiger partial charge is 0.191 e. The fourth-order valence-electron chi connectivity index (χ4n) is 2.84. The lowest BCUT2D eigenvalue weighted by Gasteiger charge is -2.26. The third kappa shape index (κ3) is 5.27. The molecule has 1 aromatic heterocycles. The largest absolute Gasteiger partial charge is 0.379 e. The van der Waals surface area contributed by atoms with Crippen LogP contribution in [-0.2, 0) is 11.3 Å². The normalized spacial score (nSPS) is 15.8. The van der Waals surface area contributed by atoms with Crippen LogP contribution in [0.25, 0.3) is 10.6 Å². The monoisotopic (exact) mass is 373 g/mol. The number of ether oxygens (including phenoxy) is 1. The summed E-state index contributed by atoms with van der Waals surface area (Å²) in [7, 11) is 1.80. The third-order valence-corrected chi connectivity index (χ3v) is 5.58. The average molecular weight is 374 g/mol. The number of thiazole rings is 1. The average Bonchev–Trinajstić information content (AvgIpc) is 3.07. The summed E-state index contributed by atoms with van der Waals surface area (Å²) in [6.07, 6.45) is 0. The number of nitrogens with zero attached hydrogens (tertiary/aromatic N) is 3. The van der Waals surface area contributed by atoms with Gasteiger partial charge in [0.25, 0.3) is 0 Å². The third-order valence-electron chi connectivity index (χ3n) is 4.38. The molecule has 0 spiro atoms. The maximum atomic E-state index is 5.38. The van der Waals surface area contributed by atoms with Crippen molar-refractivity contribution in [1.29, 1.82) is 0 Å². The molecule has 26 heavy (non-hydrogen) atoms. The second kappa shape index (κ2) is 9.66. The van der Waals surface area contributed by atoms with Gasteiger partial charge in [-0.2, -0.15) is 0 Å². The Labute approximate surface area is 159 Å². The van der Waals surface area contributed by atoms with E-state index < -0.39 is 0 Å². The number of benzene rings is 1. The van der Waals surface area contributed by atoms with Crippen LogP contribution in [0.5, 0.6) is 0 Å². The zero-order chi connectivity index (χ0) is 18.2. The second-order valence-corrected chi connectivity index (χ2v) is 7.28. The quantitative estimate of drug-likeness (QED) is 0.600. The van der Waals surface area contributed by atoms with Crippen molar-refractivity contribution in [2.75, 3.05) is 46.4 Å². The molecule has 1 saturated heterocycles. The molecule has 2 aromatic rings. The second-order valence-electron chi connectivity index (χ2n) is 6.20. The highest BCUT2D eigenvalue weighted by molar-refractivity contribution is 7.15. The van der Waals surface area contributed by atoms with Crippen LogP contribution in [0.1, 0.15) is 10.6 Å². The van der Waals surface area contributed by atoms with Crippen molar-refractivity contribution in [2.45, 2.75) is 13.5 Å². The van der Waals surface area contributed by atoms with Crippen LogP contribution in [0.3, 0.4) is 0 Å². The highest BCUT2D eigenvalue weighted by atomic mass is 32.1. The molecule has 1 fully saturated rings. The summed E-state index contributed by atoms with van der Waals surface area (Å²) in [6.45, 7) is 8.36. The molecular formula is C19H27N5OS. The lowest BCUT2D eigenvalue weighted by molar-refractivity contribution is 0.0389. The van der Waals surface area contributed by atoms with Crippen LogP contribution >= 0.6 is 11.3 Å². The van der Waals surface area contributed by atoms with E-state index in [1.807, 2.05) is 18.2 Å². The minimum Gasteiger partial charge on any atom is -0.379 e. The van der Waals surface area contributed by atoms with E-state index in [0.29, 0.717) is 0 Å². The molecule has 3 rings (SSSR count). The molecule has 140 valence electrons. The number of aryl methyl sites for hydroxylation is 1. The summed E-state index contributed by atoms with van der Waals surface area (Å²) >= 11 is 1.73. The zero-order valence-corrected chi connectivity index (χ0v) is 16.3. The molecule has 1 aliphatic rings. The van der Waals surface area contributed by atoms with Crippen molar-refractivity contribution < 1.29 is 4.74 Å². The minimum atomic E-state index is 0.730. The fourth-order valence-corrected chi connectivity index (χ4v) is 3.85. The molecule has 0 bridgehead atoms. The number of nitrogens with one attached hydrogen (secondary N) is 2. The zero-order valence-electron chi connectivity index (χ0n) is 15.5. The first-order valence-corrected chi connectivity index (χ1v) is 9.84. The van der Waals surface area contributed by atoms with Gasteiger partial charge in [-0.05, 0) is 6.92 Å². The van der Waals surface area contributed by atoms with Gasteiger partial charge in [0.05, 0.1) is 25.5 Å². The molecule has 0 radical (unpaired) electrons. The Kier molecular flexibility index (Phi) is 6.99. The van der Waals surface area contributed by atoms with E-state index in [9.17, 15) is 0 Å². The maximum Gasteiger partial charge on any atom is 0.191 e. The lowest BCUT2D eigenvalue weighted by Crippen LogP contribution is -2.44. The van der Waals surface area contributed by atoms with Crippen LogP contribution < -0.4 is 10.6 Å². The van der Waals surface area contributed by atoms with E-state index in [-0.39, 0.29) is 0 Å². The number of morpholine rings is 1. The molecule has 7 heteroatoms. The molecule has 6 nitrogen and oxygen atoms in total. The van der Waals surface area contributed by atoms with Gasteiger partial charge in [-0.3, -0.25) is 9.89 Å². The number of aromatic nitrogens is 1. The van der Waals surface area contributed by atoms with Crippen molar-refractivity contribution >= 4 is 17.3 Å². The van der Waals surface area contributed by atoms with Gasteiger partial charge in [0.2, 0.25) is 0 Å². The van der Waals surface area contributed by atoms with E-state index in [4.69, 9.17) is 9.72 Å². The number of hydrogen-bond acceptors (Lipinski definition) is 5. The molecule has 0 aliphatic carbocycles. The fraction of sp³-hybridized carbons (Fsp3) is 0.474. The summed E-state index contributed by atoms with van der Waals surface area (Å²) in [5.41, 5.74) is 2.24. The SMILES string of the molecule is CN=C(NCCN1CCOCC1)NCc1sc(-c2ccccc2)nc1C.